The topological polar surface area (TPSA) is 82.6 Å². The van der Waals surface area contributed by atoms with E-state index in [9.17, 15) is 4.79 Å². The van der Waals surface area contributed by atoms with E-state index in [2.05, 4.69) is 10.1 Å². The van der Waals surface area contributed by atoms with Crippen LogP contribution < -0.4 is 0 Å². The van der Waals surface area contributed by atoms with Crippen molar-refractivity contribution in [3.63, 3.8) is 0 Å². The van der Waals surface area contributed by atoms with Crippen LogP contribution in [0.3, 0.4) is 0 Å². The molecule has 29 heavy (non-hydrogen) atoms. The Morgan fingerprint density at radius 1 is 1.07 bits per heavy atom. The maximum atomic E-state index is 13.1. The Morgan fingerprint density at radius 2 is 1.79 bits per heavy atom. The van der Waals surface area contributed by atoms with Gasteiger partial charge in [-0.05, 0) is 25.1 Å². The summed E-state index contributed by atoms with van der Waals surface area (Å²) in [5.41, 5.74) is 2.75. The van der Waals surface area contributed by atoms with Crippen LogP contribution in [0.5, 0.6) is 0 Å². The molecule has 1 spiro atoms. The first-order chi connectivity index (χ1) is 14.1. The molecule has 0 N–H and O–H groups in total. The first kappa shape index (κ1) is 18.1. The number of amides is 1. The van der Waals surface area contributed by atoms with E-state index in [0.717, 1.165) is 16.8 Å². The standard InChI is InChI=1S/C21H22N4O4/c1-15-2-4-17(5-3-15)25-19(16-6-11-27-14-16)22-18(23-25)20(26)24-9-7-21(8-10-24)28-12-13-29-21/h2-6,11,14H,7-10,12-13H2,1H3. The Labute approximate surface area is 168 Å². The van der Waals surface area contributed by atoms with Crippen molar-refractivity contribution in [2.24, 2.45) is 0 Å². The van der Waals surface area contributed by atoms with Crippen LogP contribution in [0.2, 0.25) is 0 Å². The molecule has 8 nitrogen and oxygen atoms in total. The highest BCUT2D eigenvalue weighted by atomic mass is 16.7. The van der Waals surface area contributed by atoms with Gasteiger partial charge in [0.25, 0.3) is 5.91 Å². The summed E-state index contributed by atoms with van der Waals surface area (Å²) < 4.78 is 18.4. The smallest absolute Gasteiger partial charge is 0.293 e. The minimum absolute atomic E-state index is 0.172. The lowest BCUT2D eigenvalue weighted by Crippen LogP contribution is -2.47. The molecule has 2 aliphatic rings. The van der Waals surface area contributed by atoms with Gasteiger partial charge in [0, 0.05) is 25.9 Å². The number of aryl methyl sites for hydroxylation is 1. The summed E-state index contributed by atoms with van der Waals surface area (Å²) in [6.07, 6.45) is 4.50. The number of rotatable bonds is 3. The van der Waals surface area contributed by atoms with Crippen LogP contribution in [-0.2, 0) is 9.47 Å². The Bertz CT molecular complexity index is 994. The zero-order chi connectivity index (χ0) is 19.8. The molecule has 0 aliphatic carbocycles. The number of carbonyl (C=O) groups excluding carboxylic acids is 1. The lowest BCUT2D eigenvalue weighted by molar-refractivity contribution is -0.181. The highest BCUT2D eigenvalue weighted by Gasteiger charge is 2.41. The van der Waals surface area contributed by atoms with Gasteiger partial charge in [-0.25, -0.2) is 9.67 Å². The van der Waals surface area contributed by atoms with Crippen molar-refractivity contribution in [2.45, 2.75) is 25.6 Å². The summed E-state index contributed by atoms with van der Waals surface area (Å²) in [5, 5.41) is 4.54. The second-order valence-electron chi connectivity index (χ2n) is 7.42. The third-order valence-corrected chi connectivity index (χ3v) is 5.48. The van der Waals surface area contributed by atoms with E-state index < -0.39 is 5.79 Å². The number of carbonyl (C=O) groups is 1. The van der Waals surface area contributed by atoms with Crippen LogP contribution >= 0.6 is 0 Å². The van der Waals surface area contributed by atoms with Gasteiger partial charge in [0.2, 0.25) is 5.82 Å². The predicted molar refractivity (Wildman–Crippen MR) is 104 cm³/mol. The fourth-order valence-electron chi connectivity index (χ4n) is 3.82. The van der Waals surface area contributed by atoms with Gasteiger partial charge in [-0.15, -0.1) is 5.10 Å². The molecular weight excluding hydrogens is 372 g/mol. The summed E-state index contributed by atoms with van der Waals surface area (Å²) in [6.45, 7) is 4.37. The second-order valence-corrected chi connectivity index (χ2v) is 7.42. The molecule has 1 amide bonds. The van der Waals surface area contributed by atoms with E-state index in [0.29, 0.717) is 45.0 Å². The highest BCUT2D eigenvalue weighted by Crippen LogP contribution is 2.32. The Morgan fingerprint density at radius 3 is 2.45 bits per heavy atom. The van der Waals surface area contributed by atoms with Crippen LogP contribution in [0, 0.1) is 6.92 Å². The molecule has 0 unspecified atom stereocenters. The third kappa shape index (κ3) is 3.34. The fourth-order valence-corrected chi connectivity index (χ4v) is 3.82. The van der Waals surface area contributed by atoms with E-state index >= 15 is 0 Å². The Balaban J connectivity index is 1.44. The molecule has 150 valence electrons. The number of likely N-dealkylation sites (tertiary alicyclic amines) is 1. The number of piperidine rings is 1. The van der Waals surface area contributed by atoms with Gasteiger partial charge >= 0.3 is 0 Å². The van der Waals surface area contributed by atoms with Gasteiger partial charge < -0.3 is 18.8 Å². The second kappa shape index (κ2) is 7.13. The van der Waals surface area contributed by atoms with E-state index in [-0.39, 0.29) is 11.7 Å². The summed E-state index contributed by atoms with van der Waals surface area (Å²) in [4.78, 5) is 19.4. The number of nitrogens with zero attached hydrogens (tertiary/aromatic N) is 4. The largest absolute Gasteiger partial charge is 0.472 e. The van der Waals surface area contributed by atoms with Crippen molar-refractivity contribution in [2.75, 3.05) is 26.3 Å². The van der Waals surface area contributed by atoms with Gasteiger partial charge in [-0.2, -0.15) is 0 Å². The number of benzene rings is 1. The summed E-state index contributed by atoms with van der Waals surface area (Å²) in [6, 6.07) is 9.73. The molecule has 0 radical (unpaired) electrons. The molecular formula is C21H22N4O4. The van der Waals surface area contributed by atoms with Crippen LogP contribution in [0.25, 0.3) is 17.1 Å². The monoisotopic (exact) mass is 394 g/mol. The van der Waals surface area contributed by atoms with E-state index in [1.165, 1.54) is 0 Å². The minimum atomic E-state index is -0.520. The predicted octanol–water partition coefficient (Wildman–Crippen LogP) is 2.81. The number of aromatic nitrogens is 3. The molecule has 2 aliphatic heterocycles. The number of furan rings is 1. The van der Waals surface area contributed by atoms with Gasteiger partial charge in [-0.3, -0.25) is 4.79 Å². The number of ether oxygens (including phenoxy) is 2. The molecule has 2 aromatic heterocycles. The van der Waals surface area contributed by atoms with Crippen molar-refractivity contribution in [3.8, 4) is 17.1 Å². The van der Waals surface area contributed by atoms with Crippen molar-refractivity contribution >= 4 is 5.91 Å². The van der Waals surface area contributed by atoms with Gasteiger partial charge in [-0.1, -0.05) is 17.7 Å². The van der Waals surface area contributed by atoms with Gasteiger partial charge in [0.15, 0.2) is 11.6 Å². The first-order valence-electron chi connectivity index (χ1n) is 9.77. The van der Waals surface area contributed by atoms with Crippen LogP contribution in [0.4, 0.5) is 0 Å². The van der Waals surface area contributed by atoms with Crippen molar-refractivity contribution in [1.82, 2.24) is 19.7 Å². The zero-order valence-corrected chi connectivity index (χ0v) is 16.2. The normalized spacial score (nSPS) is 18.4. The van der Waals surface area contributed by atoms with E-state index in [1.807, 2.05) is 37.3 Å². The molecule has 4 heterocycles. The molecule has 0 atom stereocenters. The minimum Gasteiger partial charge on any atom is -0.472 e. The average Bonchev–Trinajstić information content (AvgIpc) is 3.49. The molecule has 2 saturated heterocycles. The molecule has 3 aromatic rings. The molecule has 0 bridgehead atoms. The average molecular weight is 394 g/mol. The summed E-state index contributed by atoms with van der Waals surface area (Å²) in [7, 11) is 0. The van der Waals surface area contributed by atoms with Gasteiger partial charge in [0.1, 0.15) is 6.26 Å². The zero-order valence-electron chi connectivity index (χ0n) is 16.2. The van der Waals surface area contributed by atoms with Crippen LogP contribution in [-0.4, -0.2) is 57.7 Å². The van der Waals surface area contributed by atoms with Crippen molar-refractivity contribution in [1.29, 1.82) is 0 Å². The highest BCUT2D eigenvalue weighted by molar-refractivity contribution is 5.91. The molecule has 1 aromatic carbocycles. The molecule has 5 rings (SSSR count). The molecule has 2 fully saturated rings. The van der Waals surface area contributed by atoms with Crippen molar-refractivity contribution in [3.05, 3.63) is 54.2 Å². The molecule has 0 saturated carbocycles. The quantitative estimate of drug-likeness (QED) is 0.679. The van der Waals surface area contributed by atoms with E-state index in [1.54, 1.807) is 22.1 Å². The third-order valence-electron chi connectivity index (χ3n) is 5.48. The van der Waals surface area contributed by atoms with Crippen molar-refractivity contribution < 1.29 is 18.7 Å². The fraction of sp³-hybridized carbons (Fsp3) is 0.381. The number of hydrogen-bond donors (Lipinski definition) is 0. The van der Waals surface area contributed by atoms with Crippen LogP contribution in [0.15, 0.2) is 47.3 Å². The Hall–Kier alpha value is -2.97. The SMILES string of the molecule is Cc1ccc(-n2nc(C(=O)N3CCC4(CC3)OCCO4)nc2-c2ccoc2)cc1. The van der Waals surface area contributed by atoms with E-state index in [4.69, 9.17) is 13.9 Å². The van der Waals surface area contributed by atoms with Crippen LogP contribution in [0.1, 0.15) is 29.0 Å². The molecule has 8 heteroatoms. The Kier molecular flexibility index (Phi) is 4.44. The summed E-state index contributed by atoms with van der Waals surface area (Å²) in [5.74, 6) is 0.0364. The lowest BCUT2D eigenvalue weighted by Gasteiger charge is -2.37. The maximum absolute atomic E-state index is 13.1. The number of hydrogen-bond acceptors (Lipinski definition) is 6. The first-order valence-corrected chi connectivity index (χ1v) is 9.77. The lowest BCUT2D eigenvalue weighted by atomic mass is 10.0. The summed E-state index contributed by atoms with van der Waals surface area (Å²) >= 11 is 0. The maximum Gasteiger partial charge on any atom is 0.293 e. The van der Waals surface area contributed by atoms with Gasteiger partial charge in [0.05, 0.1) is 30.7 Å².